The molecule has 0 aliphatic carbocycles. The molecule has 0 spiro atoms. The highest BCUT2D eigenvalue weighted by molar-refractivity contribution is 9.10. The first-order valence-electron chi connectivity index (χ1n) is 5.29. The Hall–Kier alpha value is -0.700. The highest BCUT2D eigenvalue weighted by atomic mass is 79.9. The van der Waals surface area contributed by atoms with Gasteiger partial charge in [0.1, 0.15) is 5.78 Å². The van der Waals surface area contributed by atoms with Crippen LogP contribution in [-0.2, 0) is 11.2 Å². The molecule has 15 heavy (non-hydrogen) atoms. The highest BCUT2D eigenvalue weighted by Crippen LogP contribution is 2.15. The summed E-state index contributed by atoms with van der Waals surface area (Å²) < 4.78 is 0.928. The van der Waals surface area contributed by atoms with E-state index in [2.05, 4.69) is 34.8 Å². The third kappa shape index (κ3) is 3.74. The van der Waals surface area contributed by atoms with Crippen LogP contribution in [0.4, 0.5) is 0 Å². The third-order valence-electron chi connectivity index (χ3n) is 2.58. The molecule has 82 valence electrons. The molecule has 1 rings (SSSR count). The van der Waals surface area contributed by atoms with Gasteiger partial charge in [-0.25, -0.2) is 0 Å². The van der Waals surface area contributed by atoms with Crippen molar-refractivity contribution in [2.24, 2.45) is 5.92 Å². The van der Waals surface area contributed by atoms with E-state index >= 15 is 0 Å². The Labute approximate surface area is 99.2 Å². The average molecular weight is 270 g/mol. The topological polar surface area (TPSA) is 30.0 Å². The van der Waals surface area contributed by atoms with Crippen LogP contribution in [0.15, 0.2) is 22.9 Å². The summed E-state index contributed by atoms with van der Waals surface area (Å²) >= 11 is 3.35. The van der Waals surface area contributed by atoms with Crippen LogP contribution in [0.1, 0.15) is 32.3 Å². The maximum absolute atomic E-state index is 11.8. The Morgan fingerprint density at radius 2 is 2.07 bits per heavy atom. The third-order valence-corrected chi connectivity index (χ3v) is 3.01. The van der Waals surface area contributed by atoms with Gasteiger partial charge >= 0.3 is 0 Å². The van der Waals surface area contributed by atoms with Gasteiger partial charge in [0, 0.05) is 29.2 Å². The number of carbonyl (C=O) groups excluding carboxylic acids is 1. The largest absolute Gasteiger partial charge is 0.299 e. The van der Waals surface area contributed by atoms with Crippen molar-refractivity contribution in [1.29, 1.82) is 0 Å². The summed E-state index contributed by atoms with van der Waals surface area (Å²) in [6.45, 7) is 4.12. The van der Waals surface area contributed by atoms with Crippen LogP contribution in [0.25, 0.3) is 0 Å². The predicted octanol–water partition coefficient (Wildman–Crippen LogP) is 3.39. The Morgan fingerprint density at radius 3 is 2.60 bits per heavy atom. The number of pyridine rings is 1. The fraction of sp³-hybridized carbons (Fsp3) is 0.500. The van der Waals surface area contributed by atoms with Gasteiger partial charge in [-0.3, -0.25) is 9.78 Å². The van der Waals surface area contributed by atoms with Crippen molar-refractivity contribution in [3.8, 4) is 0 Å². The van der Waals surface area contributed by atoms with Crippen molar-refractivity contribution in [3.05, 3.63) is 28.5 Å². The minimum Gasteiger partial charge on any atom is -0.299 e. The molecule has 0 aliphatic rings. The van der Waals surface area contributed by atoms with Gasteiger partial charge in [0.2, 0.25) is 0 Å². The van der Waals surface area contributed by atoms with E-state index < -0.39 is 0 Å². The fourth-order valence-electron chi connectivity index (χ4n) is 1.64. The molecule has 2 nitrogen and oxygen atoms in total. The van der Waals surface area contributed by atoms with Crippen molar-refractivity contribution in [1.82, 2.24) is 4.98 Å². The average Bonchev–Trinajstić information content (AvgIpc) is 2.19. The van der Waals surface area contributed by atoms with Gasteiger partial charge in [0.25, 0.3) is 0 Å². The lowest BCUT2D eigenvalue weighted by Crippen LogP contribution is -2.15. The molecule has 3 heteroatoms. The molecule has 1 heterocycles. The quantitative estimate of drug-likeness (QED) is 0.820. The van der Waals surface area contributed by atoms with E-state index in [1.165, 1.54) is 0 Å². The molecule has 0 aliphatic heterocycles. The SMILES string of the molecule is CCC(CC)C(=O)Cc1cncc(Br)c1. The zero-order chi connectivity index (χ0) is 11.3. The Kier molecular flexibility index (Phi) is 4.95. The van der Waals surface area contributed by atoms with Gasteiger partial charge in [0.05, 0.1) is 0 Å². The molecule has 0 aromatic carbocycles. The number of aromatic nitrogens is 1. The van der Waals surface area contributed by atoms with E-state index in [0.29, 0.717) is 12.2 Å². The first-order valence-corrected chi connectivity index (χ1v) is 6.08. The minimum atomic E-state index is 0.198. The Morgan fingerprint density at radius 1 is 1.40 bits per heavy atom. The van der Waals surface area contributed by atoms with Gasteiger partial charge < -0.3 is 0 Å². The summed E-state index contributed by atoms with van der Waals surface area (Å²) in [5.74, 6) is 0.517. The number of hydrogen-bond acceptors (Lipinski definition) is 2. The zero-order valence-corrected chi connectivity index (χ0v) is 10.8. The molecule has 0 bridgehead atoms. The van der Waals surface area contributed by atoms with Crippen molar-refractivity contribution in [3.63, 3.8) is 0 Å². The molecule has 0 unspecified atom stereocenters. The van der Waals surface area contributed by atoms with Gasteiger partial charge in [-0.15, -0.1) is 0 Å². The molecule has 0 saturated heterocycles. The monoisotopic (exact) mass is 269 g/mol. The minimum absolute atomic E-state index is 0.198. The summed E-state index contributed by atoms with van der Waals surface area (Å²) in [6, 6.07) is 1.95. The van der Waals surface area contributed by atoms with Crippen molar-refractivity contribution in [2.75, 3.05) is 0 Å². The maximum atomic E-state index is 11.8. The van der Waals surface area contributed by atoms with Crippen molar-refractivity contribution in [2.45, 2.75) is 33.1 Å². The van der Waals surface area contributed by atoms with E-state index in [9.17, 15) is 4.79 Å². The lowest BCUT2D eigenvalue weighted by molar-refractivity contribution is -0.122. The Bertz CT molecular complexity index is 334. The van der Waals surface area contributed by atoms with Crippen LogP contribution < -0.4 is 0 Å². The number of hydrogen-bond donors (Lipinski definition) is 0. The predicted molar refractivity (Wildman–Crippen MR) is 64.7 cm³/mol. The first-order chi connectivity index (χ1) is 7.17. The molecular formula is C12H16BrNO. The van der Waals surface area contributed by atoms with Gasteiger partial charge in [-0.1, -0.05) is 13.8 Å². The second kappa shape index (κ2) is 6.01. The molecular weight excluding hydrogens is 254 g/mol. The van der Waals surface area contributed by atoms with E-state index in [-0.39, 0.29) is 5.92 Å². The molecule has 1 aromatic rings. The van der Waals surface area contributed by atoms with E-state index in [0.717, 1.165) is 22.9 Å². The molecule has 0 radical (unpaired) electrons. The molecule has 0 atom stereocenters. The number of ketones is 1. The van der Waals surface area contributed by atoms with Crippen LogP contribution in [-0.4, -0.2) is 10.8 Å². The number of nitrogens with zero attached hydrogens (tertiary/aromatic N) is 1. The smallest absolute Gasteiger partial charge is 0.140 e. The fourth-order valence-corrected chi connectivity index (χ4v) is 2.05. The second-order valence-electron chi connectivity index (χ2n) is 3.67. The molecule has 0 saturated carbocycles. The number of carbonyl (C=O) groups is 1. The van der Waals surface area contributed by atoms with Crippen LogP contribution in [0.2, 0.25) is 0 Å². The molecule has 0 N–H and O–H groups in total. The van der Waals surface area contributed by atoms with Crippen LogP contribution in [0.5, 0.6) is 0 Å². The summed E-state index contributed by atoms with van der Waals surface area (Å²) in [5, 5.41) is 0. The molecule has 1 aromatic heterocycles. The number of rotatable bonds is 5. The van der Waals surface area contributed by atoms with Gasteiger partial charge in [-0.2, -0.15) is 0 Å². The van der Waals surface area contributed by atoms with Crippen LogP contribution in [0, 0.1) is 5.92 Å². The maximum Gasteiger partial charge on any atom is 0.140 e. The first kappa shape index (κ1) is 12.4. The van der Waals surface area contributed by atoms with E-state index in [4.69, 9.17) is 0 Å². The number of Topliss-reactive ketones (excluding diaryl/α,β-unsaturated/α-hetero) is 1. The van der Waals surface area contributed by atoms with Crippen LogP contribution in [0.3, 0.4) is 0 Å². The molecule has 0 amide bonds. The molecule has 0 fully saturated rings. The summed E-state index contributed by atoms with van der Waals surface area (Å²) in [5.41, 5.74) is 0.987. The van der Waals surface area contributed by atoms with Gasteiger partial charge in [-0.05, 0) is 40.4 Å². The van der Waals surface area contributed by atoms with Crippen molar-refractivity contribution < 1.29 is 4.79 Å². The highest BCUT2D eigenvalue weighted by Gasteiger charge is 2.14. The number of halogens is 1. The summed E-state index contributed by atoms with van der Waals surface area (Å²) in [4.78, 5) is 15.9. The Balaban J connectivity index is 2.65. The van der Waals surface area contributed by atoms with Crippen LogP contribution >= 0.6 is 15.9 Å². The summed E-state index contributed by atoms with van der Waals surface area (Å²) in [6.07, 6.45) is 5.84. The lowest BCUT2D eigenvalue weighted by Gasteiger charge is -2.10. The van der Waals surface area contributed by atoms with Crippen molar-refractivity contribution >= 4 is 21.7 Å². The van der Waals surface area contributed by atoms with E-state index in [1.807, 2.05) is 6.07 Å². The van der Waals surface area contributed by atoms with E-state index in [1.54, 1.807) is 12.4 Å². The normalized spacial score (nSPS) is 10.7. The lowest BCUT2D eigenvalue weighted by atomic mass is 9.94. The standard InChI is InChI=1S/C12H16BrNO/c1-3-10(4-2)12(15)6-9-5-11(13)8-14-7-9/h5,7-8,10H,3-4,6H2,1-2H3. The van der Waals surface area contributed by atoms with Gasteiger partial charge in [0.15, 0.2) is 0 Å². The summed E-state index contributed by atoms with van der Waals surface area (Å²) in [7, 11) is 0. The zero-order valence-electron chi connectivity index (χ0n) is 9.16. The second-order valence-corrected chi connectivity index (χ2v) is 4.58.